The lowest BCUT2D eigenvalue weighted by Gasteiger charge is -2.34. The Balaban J connectivity index is 2.16. The first-order valence-electron chi connectivity index (χ1n) is 9.06. The molecule has 0 aliphatic carbocycles. The highest BCUT2D eigenvalue weighted by atomic mass is 32.2. The lowest BCUT2D eigenvalue weighted by molar-refractivity contribution is -0.135. The van der Waals surface area contributed by atoms with E-state index in [-0.39, 0.29) is 24.9 Å². The van der Waals surface area contributed by atoms with Gasteiger partial charge in [-0.1, -0.05) is 6.92 Å². The minimum atomic E-state index is -4.21. The minimum absolute atomic E-state index is 0.0176. The van der Waals surface area contributed by atoms with Gasteiger partial charge < -0.3 is 15.0 Å². The number of carbonyl (C=O) groups excluding carboxylic acids is 1. The van der Waals surface area contributed by atoms with Crippen molar-refractivity contribution in [3.05, 3.63) is 17.2 Å². The standard InChI is InChI=1S/C18H26F3N3O2S/c1-4-27-17-15(16(25)22-7-5-6-18(19,20)21)12(2)10-14(23-17)24-8-9-26-11-13(24)3/h10,13H,4-9,11H2,1-3H3,(H,22,25)/t13-/m1/s1. The number of nitrogens with one attached hydrogen (secondary N) is 1. The Labute approximate surface area is 162 Å². The van der Waals surface area contributed by atoms with Gasteiger partial charge in [0.2, 0.25) is 0 Å². The molecule has 27 heavy (non-hydrogen) atoms. The van der Waals surface area contributed by atoms with Gasteiger partial charge in [0.1, 0.15) is 10.8 Å². The van der Waals surface area contributed by atoms with Crippen LogP contribution in [0.15, 0.2) is 11.1 Å². The molecule has 152 valence electrons. The van der Waals surface area contributed by atoms with Crippen LogP contribution in [-0.2, 0) is 4.74 Å². The number of pyridine rings is 1. The van der Waals surface area contributed by atoms with Crippen LogP contribution in [0.3, 0.4) is 0 Å². The van der Waals surface area contributed by atoms with Gasteiger partial charge in [-0.05, 0) is 37.7 Å². The van der Waals surface area contributed by atoms with Gasteiger partial charge in [-0.25, -0.2) is 4.98 Å². The third-order valence-electron chi connectivity index (χ3n) is 4.26. The number of hydrogen-bond donors (Lipinski definition) is 1. The van der Waals surface area contributed by atoms with E-state index in [1.165, 1.54) is 11.8 Å². The molecule has 5 nitrogen and oxygen atoms in total. The van der Waals surface area contributed by atoms with E-state index in [0.717, 1.165) is 23.7 Å². The Hall–Kier alpha value is -1.48. The lowest BCUT2D eigenvalue weighted by Crippen LogP contribution is -2.44. The van der Waals surface area contributed by atoms with E-state index >= 15 is 0 Å². The van der Waals surface area contributed by atoms with Gasteiger partial charge in [-0.3, -0.25) is 4.79 Å². The van der Waals surface area contributed by atoms with Crippen molar-refractivity contribution in [2.75, 3.05) is 37.0 Å². The summed E-state index contributed by atoms with van der Waals surface area (Å²) >= 11 is 1.46. The van der Waals surface area contributed by atoms with Crippen molar-refractivity contribution in [2.24, 2.45) is 0 Å². The predicted octanol–water partition coefficient (Wildman–Crippen LogP) is 3.80. The summed E-state index contributed by atoms with van der Waals surface area (Å²) in [5.74, 6) is 1.16. The number of anilines is 1. The van der Waals surface area contributed by atoms with Gasteiger partial charge in [-0.15, -0.1) is 11.8 Å². The van der Waals surface area contributed by atoms with Crippen molar-refractivity contribution in [1.82, 2.24) is 10.3 Å². The molecule has 1 aromatic heterocycles. The molecule has 1 saturated heterocycles. The van der Waals surface area contributed by atoms with Crippen LogP contribution in [-0.4, -0.2) is 55.2 Å². The van der Waals surface area contributed by atoms with Crippen molar-refractivity contribution in [2.45, 2.75) is 50.9 Å². The maximum absolute atomic E-state index is 12.6. The molecule has 0 bridgehead atoms. The minimum Gasteiger partial charge on any atom is -0.377 e. The number of carbonyl (C=O) groups is 1. The topological polar surface area (TPSA) is 54.5 Å². The summed E-state index contributed by atoms with van der Waals surface area (Å²) in [5, 5.41) is 3.20. The first kappa shape index (κ1) is 21.8. The molecule has 0 spiro atoms. The molecular weight excluding hydrogens is 379 g/mol. The summed E-state index contributed by atoms with van der Waals surface area (Å²) in [6.07, 6.45) is -5.25. The van der Waals surface area contributed by atoms with Crippen LogP contribution in [0, 0.1) is 6.92 Å². The smallest absolute Gasteiger partial charge is 0.377 e. The van der Waals surface area contributed by atoms with E-state index in [2.05, 4.69) is 22.1 Å². The van der Waals surface area contributed by atoms with Gasteiger partial charge in [0.05, 0.1) is 24.8 Å². The number of morpholine rings is 1. The number of rotatable bonds is 7. The fourth-order valence-corrected chi connectivity index (χ4v) is 3.77. The van der Waals surface area contributed by atoms with Crippen LogP contribution in [0.1, 0.15) is 42.6 Å². The van der Waals surface area contributed by atoms with Crippen molar-refractivity contribution >= 4 is 23.5 Å². The molecule has 1 N–H and O–H groups in total. The van der Waals surface area contributed by atoms with Gasteiger partial charge >= 0.3 is 6.18 Å². The number of thioether (sulfide) groups is 1. The number of halogens is 3. The molecule has 0 aromatic carbocycles. The van der Waals surface area contributed by atoms with Crippen LogP contribution in [0.4, 0.5) is 19.0 Å². The number of amides is 1. The zero-order valence-corrected chi connectivity index (χ0v) is 16.7. The number of aromatic nitrogens is 1. The second-order valence-electron chi connectivity index (χ2n) is 6.50. The predicted molar refractivity (Wildman–Crippen MR) is 101 cm³/mol. The Morgan fingerprint density at radius 2 is 2.22 bits per heavy atom. The van der Waals surface area contributed by atoms with E-state index in [9.17, 15) is 18.0 Å². The molecule has 1 amide bonds. The molecule has 1 fully saturated rings. The van der Waals surface area contributed by atoms with E-state index in [4.69, 9.17) is 4.74 Å². The first-order valence-corrected chi connectivity index (χ1v) is 10.0. The molecule has 0 unspecified atom stereocenters. The van der Waals surface area contributed by atoms with E-state index in [1.54, 1.807) is 0 Å². The summed E-state index contributed by atoms with van der Waals surface area (Å²) in [6, 6.07) is 2.05. The van der Waals surface area contributed by atoms with E-state index < -0.39 is 12.6 Å². The average molecular weight is 405 g/mol. The molecule has 2 rings (SSSR count). The van der Waals surface area contributed by atoms with Crippen LogP contribution in [0.2, 0.25) is 0 Å². The molecule has 1 aliphatic heterocycles. The van der Waals surface area contributed by atoms with Gasteiger partial charge in [0.25, 0.3) is 5.91 Å². The second-order valence-corrected chi connectivity index (χ2v) is 7.76. The van der Waals surface area contributed by atoms with Crippen molar-refractivity contribution in [1.29, 1.82) is 0 Å². The highest BCUT2D eigenvalue weighted by molar-refractivity contribution is 7.99. The van der Waals surface area contributed by atoms with E-state index in [0.29, 0.717) is 23.8 Å². The summed E-state index contributed by atoms with van der Waals surface area (Å²) in [5.41, 5.74) is 1.21. The molecule has 1 aromatic rings. The Kier molecular flexibility index (Phi) is 7.79. The maximum atomic E-state index is 12.6. The average Bonchev–Trinajstić information content (AvgIpc) is 2.58. The Morgan fingerprint density at radius 1 is 1.48 bits per heavy atom. The quantitative estimate of drug-likeness (QED) is 0.552. The Bertz CT molecular complexity index is 655. The van der Waals surface area contributed by atoms with Crippen molar-refractivity contribution in [3.63, 3.8) is 0 Å². The van der Waals surface area contributed by atoms with Gasteiger partial charge in [0, 0.05) is 19.5 Å². The number of hydrogen-bond acceptors (Lipinski definition) is 5. The fraction of sp³-hybridized carbons (Fsp3) is 0.667. The zero-order chi connectivity index (χ0) is 20.0. The summed E-state index contributed by atoms with van der Waals surface area (Å²) in [4.78, 5) is 19.4. The molecule has 1 aliphatic rings. The number of alkyl halides is 3. The third kappa shape index (κ3) is 6.27. The number of ether oxygens (including phenoxy) is 1. The second kappa shape index (κ2) is 9.64. The third-order valence-corrected chi connectivity index (χ3v) is 5.12. The van der Waals surface area contributed by atoms with Gasteiger partial charge in [0.15, 0.2) is 0 Å². The van der Waals surface area contributed by atoms with E-state index in [1.807, 2.05) is 19.9 Å². The summed E-state index contributed by atoms with van der Waals surface area (Å²) in [7, 11) is 0. The lowest BCUT2D eigenvalue weighted by atomic mass is 10.1. The van der Waals surface area contributed by atoms with Crippen molar-refractivity contribution < 1.29 is 22.7 Å². The van der Waals surface area contributed by atoms with Crippen LogP contribution >= 0.6 is 11.8 Å². The first-order chi connectivity index (χ1) is 12.7. The SMILES string of the molecule is CCSc1nc(N2CCOC[C@H]2C)cc(C)c1C(=O)NCCCC(F)(F)F. The molecule has 9 heteroatoms. The fourth-order valence-electron chi connectivity index (χ4n) is 2.94. The molecule has 1 atom stereocenters. The molecule has 0 saturated carbocycles. The van der Waals surface area contributed by atoms with Crippen LogP contribution < -0.4 is 10.2 Å². The Morgan fingerprint density at radius 3 is 2.85 bits per heavy atom. The largest absolute Gasteiger partial charge is 0.389 e. The number of aryl methyl sites for hydroxylation is 1. The monoisotopic (exact) mass is 405 g/mol. The highest BCUT2D eigenvalue weighted by Crippen LogP contribution is 2.29. The zero-order valence-electron chi connectivity index (χ0n) is 15.9. The molecular formula is C18H26F3N3O2S. The summed E-state index contributed by atoms with van der Waals surface area (Å²) in [6.45, 7) is 7.83. The van der Waals surface area contributed by atoms with Gasteiger partial charge in [-0.2, -0.15) is 13.2 Å². The summed E-state index contributed by atoms with van der Waals surface area (Å²) < 4.78 is 42.2. The number of nitrogens with zero attached hydrogens (tertiary/aromatic N) is 2. The molecule has 0 radical (unpaired) electrons. The maximum Gasteiger partial charge on any atom is 0.389 e. The normalized spacial score (nSPS) is 17.9. The molecule has 2 heterocycles. The van der Waals surface area contributed by atoms with Crippen LogP contribution in [0.5, 0.6) is 0 Å². The highest BCUT2D eigenvalue weighted by Gasteiger charge is 2.27. The van der Waals surface area contributed by atoms with Crippen molar-refractivity contribution in [3.8, 4) is 0 Å². The van der Waals surface area contributed by atoms with Crippen LogP contribution in [0.25, 0.3) is 0 Å².